The summed E-state index contributed by atoms with van der Waals surface area (Å²) in [5.41, 5.74) is 2.88. The zero-order valence-electron chi connectivity index (χ0n) is 28.4. The zero-order chi connectivity index (χ0) is 37.5. The number of aromatic nitrogens is 1. The summed E-state index contributed by atoms with van der Waals surface area (Å²) >= 11 is 1.39. The van der Waals surface area contributed by atoms with Crippen LogP contribution in [0.1, 0.15) is 29.5 Å². The lowest BCUT2D eigenvalue weighted by atomic mass is 10.0. The number of aliphatic carboxylic acids is 2. The summed E-state index contributed by atoms with van der Waals surface area (Å²) in [7, 11) is 0. The smallest absolute Gasteiger partial charge is 0.408 e. The maximum absolute atomic E-state index is 13.9. The highest BCUT2D eigenvalue weighted by Crippen LogP contribution is 2.19. The van der Waals surface area contributed by atoms with Gasteiger partial charge < -0.3 is 41.2 Å². The number of alkyl carbamates (subject to hydrolysis) is 1. The molecule has 0 radical (unpaired) electrons. The minimum Gasteiger partial charge on any atom is -0.481 e. The van der Waals surface area contributed by atoms with Crippen molar-refractivity contribution in [2.45, 2.75) is 56.5 Å². The number of H-pyrrole nitrogens is 1. The Balaban J connectivity index is 1.51. The number of aromatic amines is 1. The summed E-state index contributed by atoms with van der Waals surface area (Å²) in [5.74, 6) is -4.98. The minimum atomic E-state index is -1.66. The molecule has 274 valence electrons. The Labute approximate surface area is 304 Å². The Morgan fingerprint density at radius 1 is 0.692 bits per heavy atom. The highest BCUT2D eigenvalue weighted by molar-refractivity contribution is 7.98. The van der Waals surface area contributed by atoms with E-state index in [9.17, 15) is 39.0 Å². The number of amides is 4. The van der Waals surface area contributed by atoms with Gasteiger partial charge in [-0.15, -0.1) is 0 Å². The van der Waals surface area contributed by atoms with Gasteiger partial charge in [0.1, 0.15) is 30.8 Å². The third kappa shape index (κ3) is 11.9. The van der Waals surface area contributed by atoms with Gasteiger partial charge in [-0.2, -0.15) is 11.8 Å². The third-order valence-corrected chi connectivity index (χ3v) is 8.72. The standard InChI is InChI=1S/C37H41N5O9S/c1-52-17-16-28(33(45)40-30(20-32(43)44)35(47)41-31(36(48)49)18-23-10-4-2-5-11-23)39-34(46)29(19-25-21-38-27-15-9-8-14-26(25)27)42-37(50)51-22-24-12-6-3-7-13-24/h2-15,21,28-31,38H,16-20,22H2,1H3,(H,39,46)(H,40,45)(H,41,47)(H,42,50)(H,43,44)(H,48,49)/t28-,29-,30-,31-/m0/s1. The topological polar surface area (TPSA) is 216 Å². The molecule has 0 fully saturated rings. The first-order valence-electron chi connectivity index (χ1n) is 16.4. The van der Waals surface area contributed by atoms with E-state index in [0.29, 0.717) is 16.9 Å². The number of hydrogen-bond acceptors (Lipinski definition) is 8. The van der Waals surface area contributed by atoms with Crippen LogP contribution in [-0.4, -0.2) is 87.1 Å². The van der Waals surface area contributed by atoms with E-state index in [0.717, 1.165) is 16.5 Å². The Morgan fingerprint density at radius 3 is 1.92 bits per heavy atom. The van der Waals surface area contributed by atoms with Gasteiger partial charge in [-0.05, 0) is 41.2 Å². The monoisotopic (exact) mass is 731 g/mol. The van der Waals surface area contributed by atoms with Gasteiger partial charge >= 0.3 is 18.0 Å². The number of carboxylic acids is 2. The van der Waals surface area contributed by atoms with Gasteiger partial charge in [-0.3, -0.25) is 19.2 Å². The highest BCUT2D eigenvalue weighted by atomic mass is 32.2. The van der Waals surface area contributed by atoms with E-state index in [1.54, 1.807) is 67.0 Å². The molecule has 1 aromatic heterocycles. The maximum atomic E-state index is 13.9. The molecule has 0 saturated heterocycles. The second-order valence-electron chi connectivity index (χ2n) is 11.9. The number of hydrogen-bond donors (Lipinski definition) is 7. The molecule has 1 heterocycles. The number of fused-ring (bicyclic) bond motifs is 1. The lowest BCUT2D eigenvalue weighted by molar-refractivity contribution is -0.143. The first-order valence-corrected chi connectivity index (χ1v) is 17.8. The van der Waals surface area contributed by atoms with Crippen LogP contribution in [0.2, 0.25) is 0 Å². The lowest BCUT2D eigenvalue weighted by Crippen LogP contribution is -2.58. The van der Waals surface area contributed by atoms with E-state index in [1.165, 1.54) is 11.8 Å². The predicted octanol–water partition coefficient (Wildman–Crippen LogP) is 3.01. The number of thioether (sulfide) groups is 1. The van der Waals surface area contributed by atoms with Gasteiger partial charge in [0.25, 0.3) is 0 Å². The highest BCUT2D eigenvalue weighted by Gasteiger charge is 2.33. The van der Waals surface area contributed by atoms with Gasteiger partial charge in [0.15, 0.2) is 0 Å². The first kappa shape index (κ1) is 39.0. The fraction of sp³-hybridized carbons (Fsp3) is 0.297. The van der Waals surface area contributed by atoms with Crippen molar-refractivity contribution in [1.82, 2.24) is 26.3 Å². The molecule has 0 unspecified atom stereocenters. The van der Waals surface area contributed by atoms with Crippen LogP contribution in [0.3, 0.4) is 0 Å². The van der Waals surface area contributed by atoms with Crippen LogP contribution in [0.4, 0.5) is 4.79 Å². The van der Waals surface area contributed by atoms with E-state index in [4.69, 9.17) is 4.74 Å². The third-order valence-electron chi connectivity index (χ3n) is 8.07. The number of nitrogens with one attached hydrogen (secondary N) is 5. The number of benzene rings is 3. The summed E-state index contributed by atoms with van der Waals surface area (Å²) in [6.07, 6.45) is 1.82. The summed E-state index contributed by atoms with van der Waals surface area (Å²) in [5, 5.41) is 30.1. The molecule has 0 aliphatic carbocycles. The van der Waals surface area contributed by atoms with Crippen LogP contribution in [0, 0.1) is 0 Å². The summed E-state index contributed by atoms with van der Waals surface area (Å²) < 4.78 is 5.37. The molecule has 4 aromatic rings. The van der Waals surface area contributed by atoms with Crippen LogP contribution in [0.15, 0.2) is 91.1 Å². The number of carbonyl (C=O) groups excluding carboxylic acids is 4. The molecular weight excluding hydrogens is 691 g/mol. The summed E-state index contributed by atoms with van der Waals surface area (Å²) in [6.45, 7) is -0.0477. The number of ether oxygens (including phenoxy) is 1. The lowest BCUT2D eigenvalue weighted by Gasteiger charge is -2.25. The number of rotatable bonds is 19. The van der Waals surface area contributed by atoms with Crippen molar-refractivity contribution in [3.63, 3.8) is 0 Å². The van der Waals surface area contributed by atoms with Crippen molar-refractivity contribution in [2.24, 2.45) is 0 Å². The van der Waals surface area contributed by atoms with Crippen molar-refractivity contribution in [3.05, 3.63) is 108 Å². The van der Waals surface area contributed by atoms with Gasteiger partial charge in [0.05, 0.1) is 6.42 Å². The van der Waals surface area contributed by atoms with Crippen molar-refractivity contribution < 1.29 is 43.7 Å². The molecule has 4 atom stereocenters. The maximum Gasteiger partial charge on any atom is 0.408 e. The van der Waals surface area contributed by atoms with Crippen molar-refractivity contribution >= 4 is 58.4 Å². The van der Waals surface area contributed by atoms with Gasteiger partial charge in [-0.25, -0.2) is 9.59 Å². The Kier molecular flexibility index (Phi) is 14.6. The van der Waals surface area contributed by atoms with E-state index in [2.05, 4.69) is 26.3 Å². The molecule has 0 bridgehead atoms. The molecule has 0 spiro atoms. The molecule has 4 amide bonds. The fourth-order valence-electron chi connectivity index (χ4n) is 5.39. The average Bonchev–Trinajstić information content (AvgIpc) is 3.54. The number of para-hydroxylation sites is 1. The molecule has 14 nitrogen and oxygen atoms in total. The first-order chi connectivity index (χ1) is 25.0. The minimum absolute atomic E-state index is 0.0230. The quantitative estimate of drug-likeness (QED) is 0.0748. The second kappa shape index (κ2) is 19.5. The van der Waals surface area contributed by atoms with Crippen LogP contribution >= 0.6 is 11.8 Å². The molecule has 15 heteroatoms. The molecule has 0 aliphatic rings. The Morgan fingerprint density at radius 2 is 1.27 bits per heavy atom. The average molecular weight is 732 g/mol. The molecule has 52 heavy (non-hydrogen) atoms. The number of carbonyl (C=O) groups is 6. The van der Waals surface area contributed by atoms with Crippen molar-refractivity contribution in [3.8, 4) is 0 Å². The predicted molar refractivity (Wildman–Crippen MR) is 194 cm³/mol. The Bertz CT molecular complexity index is 1840. The number of carboxylic acid groups (broad SMARTS) is 2. The van der Waals surface area contributed by atoms with Gasteiger partial charge in [0, 0.05) is 29.9 Å². The van der Waals surface area contributed by atoms with E-state index >= 15 is 0 Å². The van der Waals surface area contributed by atoms with Crippen molar-refractivity contribution in [1.29, 1.82) is 0 Å². The summed E-state index contributed by atoms with van der Waals surface area (Å²) in [4.78, 5) is 80.6. The Hall–Kier alpha value is -5.83. The molecule has 0 saturated carbocycles. The second-order valence-corrected chi connectivity index (χ2v) is 12.9. The van der Waals surface area contributed by atoms with Crippen LogP contribution in [0.5, 0.6) is 0 Å². The van der Waals surface area contributed by atoms with Crippen molar-refractivity contribution in [2.75, 3.05) is 12.0 Å². The van der Waals surface area contributed by atoms with Gasteiger partial charge in [-0.1, -0.05) is 78.9 Å². The molecule has 0 aliphatic heterocycles. The van der Waals surface area contributed by atoms with Gasteiger partial charge in [0.2, 0.25) is 17.7 Å². The van der Waals surface area contributed by atoms with E-state index in [1.807, 2.05) is 30.3 Å². The van der Waals surface area contributed by atoms with E-state index in [-0.39, 0.29) is 25.9 Å². The normalized spacial score (nSPS) is 13.2. The molecule has 3 aromatic carbocycles. The summed E-state index contributed by atoms with van der Waals surface area (Å²) in [6, 6.07) is 19.4. The molecular formula is C37H41N5O9S. The van der Waals surface area contributed by atoms with E-state index < -0.39 is 66.3 Å². The fourth-order valence-corrected chi connectivity index (χ4v) is 5.86. The van der Waals surface area contributed by atoms with Crippen LogP contribution < -0.4 is 21.3 Å². The SMILES string of the molecule is CSCC[C@H](NC(=O)[C@H](Cc1c[nH]c2ccccc12)NC(=O)OCc1ccccc1)C(=O)N[C@@H](CC(=O)O)C(=O)N[C@@H](Cc1ccccc1)C(=O)O. The van der Waals surface area contributed by atoms with Crippen LogP contribution in [-0.2, 0) is 48.2 Å². The van der Waals surface area contributed by atoms with Crippen LogP contribution in [0.25, 0.3) is 10.9 Å². The molecule has 7 N–H and O–H groups in total. The molecule has 4 rings (SSSR count). The zero-order valence-corrected chi connectivity index (χ0v) is 29.2. The largest absolute Gasteiger partial charge is 0.481 e.